The molecule has 0 heterocycles. The van der Waals surface area contributed by atoms with Crippen LogP contribution in [0.15, 0.2) is 48.5 Å². The summed E-state index contributed by atoms with van der Waals surface area (Å²) in [6, 6.07) is 16.4. The molecule has 0 spiro atoms. The molecule has 0 unspecified atom stereocenters. The number of carbonyl (C=O) groups is 2. The van der Waals surface area contributed by atoms with Crippen molar-refractivity contribution >= 4 is 11.7 Å². The number of fused-ring (bicyclic) bond motifs is 1. The topological polar surface area (TPSA) is 49.4 Å². The Kier molecular flexibility index (Phi) is 7.38. The predicted molar refractivity (Wildman–Crippen MR) is 112 cm³/mol. The summed E-state index contributed by atoms with van der Waals surface area (Å²) in [5.74, 6) is 0.0210. The van der Waals surface area contributed by atoms with Crippen LogP contribution in [0.5, 0.6) is 0 Å². The number of benzene rings is 2. The van der Waals surface area contributed by atoms with Gasteiger partial charge in [0.25, 0.3) is 0 Å². The second-order valence-electron chi connectivity index (χ2n) is 7.69. The molecule has 1 amide bonds. The van der Waals surface area contributed by atoms with Crippen molar-refractivity contribution in [3.8, 4) is 0 Å². The fraction of sp³-hybridized carbons (Fsp3) is 0.417. The predicted octanol–water partition coefficient (Wildman–Crippen LogP) is 3.78. The van der Waals surface area contributed by atoms with E-state index in [-0.39, 0.29) is 24.5 Å². The summed E-state index contributed by atoms with van der Waals surface area (Å²) in [5.41, 5.74) is 4.71. The van der Waals surface area contributed by atoms with Crippen molar-refractivity contribution < 1.29 is 9.59 Å². The van der Waals surface area contributed by atoms with Crippen molar-refractivity contribution in [1.82, 2.24) is 10.2 Å². The Morgan fingerprint density at radius 2 is 1.79 bits per heavy atom. The van der Waals surface area contributed by atoms with E-state index in [1.165, 1.54) is 23.1 Å². The molecule has 2 aromatic carbocycles. The van der Waals surface area contributed by atoms with Crippen molar-refractivity contribution in [2.24, 2.45) is 0 Å². The van der Waals surface area contributed by atoms with E-state index >= 15 is 0 Å². The van der Waals surface area contributed by atoms with Crippen LogP contribution in [-0.4, -0.2) is 36.7 Å². The van der Waals surface area contributed by atoms with Gasteiger partial charge in [0.05, 0.1) is 0 Å². The molecule has 1 aliphatic rings. The molecule has 0 saturated carbocycles. The summed E-state index contributed by atoms with van der Waals surface area (Å²) < 4.78 is 0. The summed E-state index contributed by atoms with van der Waals surface area (Å²) >= 11 is 0. The lowest BCUT2D eigenvalue weighted by atomic mass is 10.0. The van der Waals surface area contributed by atoms with Crippen molar-refractivity contribution in [2.75, 3.05) is 20.1 Å². The Labute approximate surface area is 167 Å². The number of rotatable bonds is 10. The maximum atomic E-state index is 12.4. The summed E-state index contributed by atoms with van der Waals surface area (Å²) in [7, 11) is 2.09. The Morgan fingerprint density at radius 1 is 1.00 bits per heavy atom. The number of ketones is 1. The number of amides is 1. The average Bonchev–Trinajstić information content (AvgIpc) is 3.18. The molecule has 0 fully saturated rings. The minimum atomic E-state index is -0.0415. The first-order valence-corrected chi connectivity index (χ1v) is 10.3. The molecule has 2 aromatic rings. The minimum Gasteiger partial charge on any atom is -0.356 e. The van der Waals surface area contributed by atoms with Gasteiger partial charge >= 0.3 is 0 Å². The van der Waals surface area contributed by atoms with Crippen molar-refractivity contribution in [3.05, 3.63) is 70.8 Å². The second-order valence-corrected chi connectivity index (χ2v) is 7.69. The monoisotopic (exact) mass is 378 g/mol. The normalized spacial score (nSPS) is 12.8. The van der Waals surface area contributed by atoms with Crippen LogP contribution in [0.3, 0.4) is 0 Å². The summed E-state index contributed by atoms with van der Waals surface area (Å²) in [6.45, 7) is 2.47. The summed E-state index contributed by atoms with van der Waals surface area (Å²) in [5, 5.41) is 2.93. The van der Waals surface area contributed by atoms with Crippen molar-refractivity contribution in [1.29, 1.82) is 0 Å². The van der Waals surface area contributed by atoms with E-state index in [0.29, 0.717) is 6.54 Å². The Bertz CT molecular complexity index is 802. The highest BCUT2D eigenvalue weighted by Crippen LogP contribution is 2.23. The van der Waals surface area contributed by atoms with Gasteiger partial charge in [0.15, 0.2) is 5.78 Å². The van der Waals surface area contributed by atoms with Crippen LogP contribution in [0.1, 0.15) is 52.7 Å². The largest absolute Gasteiger partial charge is 0.356 e. The van der Waals surface area contributed by atoms with Gasteiger partial charge in [-0.3, -0.25) is 9.59 Å². The van der Waals surface area contributed by atoms with Gasteiger partial charge in [0.2, 0.25) is 5.91 Å². The van der Waals surface area contributed by atoms with E-state index in [1.807, 2.05) is 30.3 Å². The van der Waals surface area contributed by atoms with E-state index in [9.17, 15) is 9.59 Å². The molecule has 0 aromatic heterocycles. The molecule has 0 radical (unpaired) electrons. The first-order valence-electron chi connectivity index (χ1n) is 10.3. The van der Waals surface area contributed by atoms with Crippen molar-refractivity contribution in [3.63, 3.8) is 0 Å². The third kappa shape index (κ3) is 6.03. The molecular weight excluding hydrogens is 348 g/mol. The molecule has 4 heteroatoms. The quantitative estimate of drug-likeness (QED) is 0.506. The number of carbonyl (C=O) groups excluding carboxylic acids is 2. The molecule has 148 valence electrons. The highest BCUT2D eigenvalue weighted by molar-refractivity contribution is 5.98. The van der Waals surface area contributed by atoms with E-state index < -0.39 is 0 Å². The lowest BCUT2D eigenvalue weighted by Crippen LogP contribution is -2.28. The SMILES string of the molecule is CN(CCCNC(=O)CCC(=O)c1ccc2c(c1)CCC2)Cc1ccccc1. The Hall–Kier alpha value is -2.46. The molecule has 0 atom stereocenters. The highest BCUT2D eigenvalue weighted by atomic mass is 16.2. The molecule has 1 N–H and O–H groups in total. The zero-order valence-electron chi connectivity index (χ0n) is 16.7. The van der Waals surface area contributed by atoms with Gasteiger partial charge in [-0.05, 0) is 62.0 Å². The number of Topliss-reactive ketones (excluding diaryl/α,β-unsaturated/α-hetero) is 1. The van der Waals surface area contributed by atoms with Crippen LogP contribution in [0.2, 0.25) is 0 Å². The zero-order valence-corrected chi connectivity index (χ0v) is 16.7. The first kappa shape index (κ1) is 20.3. The Balaban J connectivity index is 1.30. The number of nitrogens with zero attached hydrogens (tertiary/aromatic N) is 1. The average molecular weight is 379 g/mol. The molecule has 0 saturated heterocycles. The van der Waals surface area contributed by atoms with Gasteiger partial charge < -0.3 is 10.2 Å². The van der Waals surface area contributed by atoms with E-state index in [4.69, 9.17) is 0 Å². The van der Waals surface area contributed by atoms with Crippen LogP contribution in [0, 0.1) is 0 Å². The highest BCUT2D eigenvalue weighted by Gasteiger charge is 2.14. The van der Waals surface area contributed by atoms with Gasteiger partial charge in [-0.25, -0.2) is 0 Å². The third-order valence-corrected chi connectivity index (χ3v) is 5.33. The number of hydrogen-bond acceptors (Lipinski definition) is 3. The Morgan fingerprint density at radius 3 is 2.61 bits per heavy atom. The van der Waals surface area contributed by atoms with Crippen LogP contribution in [-0.2, 0) is 24.2 Å². The molecule has 3 rings (SSSR count). The van der Waals surface area contributed by atoms with Crippen LogP contribution >= 0.6 is 0 Å². The second kappa shape index (κ2) is 10.2. The van der Waals surface area contributed by atoms with Gasteiger partial charge in [-0.1, -0.05) is 42.5 Å². The van der Waals surface area contributed by atoms with Gasteiger partial charge in [-0.2, -0.15) is 0 Å². The minimum absolute atomic E-state index is 0.0415. The number of nitrogens with one attached hydrogen (secondary N) is 1. The van der Waals surface area contributed by atoms with Crippen LogP contribution < -0.4 is 5.32 Å². The lowest BCUT2D eigenvalue weighted by Gasteiger charge is -2.16. The fourth-order valence-corrected chi connectivity index (χ4v) is 3.76. The van der Waals surface area contributed by atoms with Crippen molar-refractivity contribution in [2.45, 2.75) is 45.1 Å². The van der Waals surface area contributed by atoms with Gasteiger partial charge in [0.1, 0.15) is 0 Å². The van der Waals surface area contributed by atoms with Crippen LogP contribution in [0.4, 0.5) is 0 Å². The van der Waals surface area contributed by atoms with Gasteiger partial charge in [0, 0.05) is 31.5 Å². The van der Waals surface area contributed by atoms with E-state index in [1.54, 1.807) is 0 Å². The molecule has 0 bridgehead atoms. The molecular formula is C24H30N2O2. The maximum absolute atomic E-state index is 12.4. The summed E-state index contributed by atoms with van der Waals surface area (Å²) in [4.78, 5) is 26.6. The molecule has 1 aliphatic carbocycles. The lowest BCUT2D eigenvalue weighted by molar-refractivity contribution is -0.121. The van der Waals surface area contributed by atoms with E-state index in [0.717, 1.165) is 37.9 Å². The summed E-state index contributed by atoms with van der Waals surface area (Å²) in [6.07, 6.45) is 4.79. The number of hydrogen-bond donors (Lipinski definition) is 1. The standard InChI is InChI=1S/C24H30N2O2/c1-26(18-19-7-3-2-4-8-19)16-6-15-25-24(28)14-13-23(27)22-12-11-20-9-5-10-21(20)17-22/h2-4,7-8,11-12,17H,5-6,9-10,13-16,18H2,1H3,(H,25,28). The number of aryl methyl sites for hydroxylation is 2. The van der Waals surface area contributed by atoms with E-state index in [2.05, 4.69) is 35.5 Å². The third-order valence-electron chi connectivity index (χ3n) is 5.33. The maximum Gasteiger partial charge on any atom is 0.220 e. The smallest absolute Gasteiger partial charge is 0.220 e. The zero-order chi connectivity index (χ0) is 19.8. The molecule has 0 aliphatic heterocycles. The fourth-order valence-electron chi connectivity index (χ4n) is 3.76. The first-order chi connectivity index (χ1) is 13.6. The molecule has 28 heavy (non-hydrogen) atoms. The van der Waals surface area contributed by atoms with Crippen LogP contribution in [0.25, 0.3) is 0 Å². The molecule has 4 nitrogen and oxygen atoms in total. The van der Waals surface area contributed by atoms with Gasteiger partial charge in [-0.15, -0.1) is 0 Å².